The smallest absolute Gasteiger partial charge is 0.226 e. The lowest BCUT2D eigenvalue weighted by molar-refractivity contribution is -0.141. The van der Waals surface area contributed by atoms with Crippen molar-refractivity contribution in [1.82, 2.24) is 19.8 Å². The molecule has 27 heavy (non-hydrogen) atoms. The minimum Gasteiger partial charge on any atom is -0.342 e. The summed E-state index contributed by atoms with van der Waals surface area (Å²) < 4.78 is 0. The summed E-state index contributed by atoms with van der Waals surface area (Å²) >= 11 is 0. The van der Waals surface area contributed by atoms with E-state index >= 15 is 0 Å². The Hall–Kier alpha value is -2.76. The molecule has 0 bridgehead atoms. The van der Waals surface area contributed by atoms with Gasteiger partial charge in [0.25, 0.3) is 0 Å². The van der Waals surface area contributed by atoms with Crippen molar-refractivity contribution in [3.05, 3.63) is 60.2 Å². The van der Waals surface area contributed by atoms with Crippen LogP contribution >= 0.6 is 0 Å². The van der Waals surface area contributed by atoms with Crippen molar-refractivity contribution in [2.24, 2.45) is 5.92 Å². The van der Waals surface area contributed by atoms with E-state index in [1.165, 1.54) is 6.33 Å². The average molecular weight is 366 g/mol. The minimum atomic E-state index is -0.0988. The Morgan fingerprint density at radius 3 is 2.52 bits per heavy atom. The molecule has 1 unspecified atom stereocenters. The van der Waals surface area contributed by atoms with Gasteiger partial charge in [0.2, 0.25) is 11.8 Å². The molecule has 2 aromatic rings. The fourth-order valence-corrected chi connectivity index (χ4v) is 3.48. The number of amides is 2. The molecule has 1 aliphatic heterocycles. The maximum atomic E-state index is 12.9. The highest BCUT2D eigenvalue weighted by Gasteiger charge is 2.31. The lowest BCUT2D eigenvalue weighted by Crippen LogP contribution is -2.44. The Morgan fingerprint density at radius 1 is 1.19 bits per heavy atom. The Morgan fingerprint density at radius 2 is 1.89 bits per heavy atom. The monoisotopic (exact) mass is 366 g/mol. The Bertz CT molecular complexity index is 758. The number of hydrogen-bond acceptors (Lipinski definition) is 4. The molecule has 6 heteroatoms. The zero-order chi connectivity index (χ0) is 19.2. The molecule has 0 spiro atoms. The Kier molecular flexibility index (Phi) is 6.16. The fraction of sp³-hybridized carbons (Fsp3) is 0.429. The zero-order valence-electron chi connectivity index (χ0n) is 15.9. The van der Waals surface area contributed by atoms with E-state index in [4.69, 9.17) is 0 Å². The maximum Gasteiger partial charge on any atom is 0.226 e. The second kappa shape index (κ2) is 8.75. The van der Waals surface area contributed by atoms with Gasteiger partial charge in [-0.25, -0.2) is 9.97 Å². The SMILES string of the molecule is CC(c1ccncn1)N(C)C(=O)C1CCN(C(=O)Cc2ccccc2)CC1. The molecular weight excluding hydrogens is 340 g/mol. The van der Waals surface area contributed by atoms with Crippen molar-refractivity contribution in [2.75, 3.05) is 20.1 Å². The molecule has 1 saturated heterocycles. The summed E-state index contributed by atoms with van der Waals surface area (Å²) in [6, 6.07) is 11.5. The Balaban J connectivity index is 1.52. The van der Waals surface area contributed by atoms with E-state index in [0.717, 1.165) is 11.3 Å². The van der Waals surface area contributed by atoms with Crippen molar-refractivity contribution in [1.29, 1.82) is 0 Å². The average Bonchev–Trinajstić information content (AvgIpc) is 2.73. The molecule has 1 atom stereocenters. The third-order valence-corrected chi connectivity index (χ3v) is 5.36. The van der Waals surface area contributed by atoms with Crippen LogP contribution in [0.15, 0.2) is 48.9 Å². The molecule has 3 rings (SSSR count). The van der Waals surface area contributed by atoms with Crippen molar-refractivity contribution >= 4 is 11.8 Å². The van der Waals surface area contributed by atoms with E-state index in [1.54, 1.807) is 11.1 Å². The summed E-state index contributed by atoms with van der Waals surface area (Å²) in [5.74, 6) is 0.214. The topological polar surface area (TPSA) is 66.4 Å². The van der Waals surface area contributed by atoms with Crippen LogP contribution in [0.5, 0.6) is 0 Å². The van der Waals surface area contributed by atoms with Gasteiger partial charge in [0.05, 0.1) is 18.2 Å². The van der Waals surface area contributed by atoms with Gasteiger partial charge in [0, 0.05) is 32.3 Å². The van der Waals surface area contributed by atoms with E-state index < -0.39 is 0 Å². The van der Waals surface area contributed by atoms with Crippen LogP contribution in [-0.2, 0) is 16.0 Å². The first-order valence-electron chi connectivity index (χ1n) is 9.40. The molecule has 0 aliphatic carbocycles. The van der Waals surface area contributed by atoms with Crippen molar-refractivity contribution in [2.45, 2.75) is 32.2 Å². The second-order valence-corrected chi connectivity index (χ2v) is 7.08. The van der Waals surface area contributed by atoms with Gasteiger partial charge in [0.15, 0.2) is 0 Å². The Labute approximate surface area is 160 Å². The molecule has 0 saturated carbocycles. The number of carbonyl (C=O) groups is 2. The summed E-state index contributed by atoms with van der Waals surface area (Å²) in [6.07, 6.45) is 5.03. The van der Waals surface area contributed by atoms with Crippen LogP contribution in [0, 0.1) is 5.92 Å². The van der Waals surface area contributed by atoms with Crippen LogP contribution < -0.4 is 0 Å². The van der Waals surface area contributed by atoms with E-state index in [1.807, 2.05) is 55.3 Å². The number of likely N-dealkylation sites (tertiary alicyclic amines) is 1. The number of aromatic nitrogens is 2. The predicted molar refractivity (Wildman–Crippen MR) is 103 cm³/mol. The van der Waals surface area contributed by atoms with Gasteiger partial charge in [-0.1, -0.05) is 30.3 Å². The van der Waals surface area contributed by atoms with Gasteiger partial charge in [-0.15, -0.1) is 0 Å². The number of carbonyl (C=O) groups excluding carboxylic acids is 2. The molecule has 0 N–H and O–H groups in total. The van der Waals surface area contributed by atoms with Crippen LogP contribution in [0.4, 0.5) is 0 Å². The first-order valence-corrected chi connectivity index (χ1v) is 9.40. The first-order chi connectivity index (χ1) is 13.1. The highest BCUT2D eigenvalue weighted by atomic mass is 16.2. The fourth-order valence-electron chi connectivity index (χ4n) is 3.48. The number of nitrogens with zero attached hydrogens (tertiary/aromatic N) is 4. The largest absolute Gasteiger partial charge is 0.342 e. The van der Waals surface area contributed by atoms with Crippen LogP contribution in [0.3, 0.4) is 0 Å². The third kappa shape index (κ3) is 4.70. The van der Waals surface area contributed by atoms with E-state index in [9.17, 15) is 9.59 Å². The highest BCUT2D eigenvalue weighted by molar-refractivity contribution is 5.81. The van der Waals surface area contributed by atoms with Gasteiger partial charge < -0.3 is 9.80 Å². The number of rotatable bonds is 5. The lowest BCUT2D eigenvalue weighted by Gasteiger charge is -2.35. The van der Waals surface area contributed by atoms with Gasteiger partial charge in [-0.3, -0.25) is 9.59 Å². The number of hydrogen-bond donors (Lipinski definition) is 0. The van der Waals surface area contributed by atoms with Crippen molar-refractivity contribution < 1.29 is 9.59 Å². The highest BCUT2D eigenvalue weighted by Crippen LogP contribution is 2.24. The third-order valence-electron chi connectivity index (χ3n) is 5.36. The zero-order valence-corrected chi connectivity index (χ0v) is 15.9. The predicted octanol–water partition coefficient (Wildman–Crippen LogP) is 2.48. The molecular formula is C21H26N4O2. The summed E-state index contributed by atoms with van der Waals surface area (Å²) in [4.78, 5) is 37.2. The molecule has 1 aliphatic rings. The van der Waals surface area contributed by atoms with E-state index in [2.05, 4.69) is 9.97 Å². The first kappa shape index (κ1) is 19.0. The maximum absolute atomic E-state index is 12.9. The molecule has 6 nitrogen and oxygen atoms in total. The van der Waals surface area contributed by atoms with Crippen molar-refractivity contribution in [3.63, 3.8) is 0 Å². The summed E-state index contributed by atoms with van der Waals surface area (Å²) in [6.45, 7) is 3.24. The molecule has 2 heterocycles. The summed E-state index contributed by atoms with van der Waals surface area (Å²) in [5.41, 5.74) is 1.86. The summed E-state index contributed by atoms with van der Waals surface area (Å²) in [7, 11) is 1.82. The van der Waals surface area contributed by atoms with Gasteiger partial charge in [-0.05, 0) is 31.4 Å². The van der Waals surface area contributed by atoms with Gasteiger partial charge in [0.1, 0.15) is 6.33 Å². The van der Waals surface area contributed by atoms with Crippen molar-refractivity contribution in [3.8, 4) is 0 Å². The molecule has 1 aromatic heterocycles. The quantitative estimate of drug-likeness (QED) is 0.815. The number of piperidine rings is 1. The van der Waals surface area contributed by atoms with Gasteiger partial charge >= 0.3 is 0 Å². The molecule has 142 valence electrons. The van der Waals surface area contributed by atoms with Gasteiger partial charge in [-0.2, -0.15) is 0 Å². The molecule has 1 aromatic carbocycles. The van der Waals surface area contributed by atoms with E-state index in [-0.39, 0.29) is 23.8 Å². The lowest BCUT2D eigenvalue weighted by atomic mass is 9.94. The molecule has 0 radical (unpaired) electrons. The minimum absolute atomic E-state index is 0.0416. The molecule has 1 fully saturated rings. The van der Waals surface area contributed by atoms with Crippen LogP contribution in [-0.4, -0.2) is 51.7 Å². The normalized spacial score (nSPS) is 16.0. The van der Waals surface area contributed by atoms with E-state index in [0.29, 0.717) is 32.4 Å². The van der Waals surface area contributed by atoms with Crippen LogP contribution in [0.2, 0.25) is 0 Å². The number of benzene rings is 1. The molecule has 2 amide bonds. The van der Waals surface area contributed by atoms with Crippen LogP contribution in [0.1, 0.15) is 37.1 Å². The standard InChI is InChI=1S/C21H26N4O2/c1-16(19-8-11-22-15-23-19)24(2)21(27)18-9-12-25(13-10-18)20(26)14-17-6-4-3-5-7-17/h3-8,11,15-16,18H,9-10,12-14H2,1-2H3. The summed E-state index contributed by atoms with van der Waals surface area (Å²) in [5, 5.41) is 0. The second-order valence-electron chi connectivity index (χ2n) is 7.08. The van der Waals surface area contributed by atoms with Crippen LogP contribution in [0.25, 0.3) is 0 Å².